The van der Waals surface area contributed by atoms with Crippen molar-refractivity contribution in [3.8, 4) is 11.5 Å². The highest BCUT2D eigenvalue weighted by molar-refractivity contribution is 6.30. The molecule has 6 heteroatoms. The zero-order valence-electron chi connectivity index (χ0n) is 8.04. The number of hydrogen-bond donors (Lipinski definition) is 3. The highest BCUT2D eigenvalue weighted by Crippen LogP contribution is 2.24. The first kappa shape index (κ1) is 12.8. The topological polar surface area (TPSA) is 79.2 Å². The Balaban J connectivity index is 0.000000364. The van der Waals surface area contributed by atoms with Crippen molar-refractivity contribution < 1.29 is 24.5 Å². The van der Waals surface area contributed by atoms with Crippen LogP contribution in [0.15, 0.2) is 24.3 Å². The summed E-state index contributed by atoms with van der Waals surface area (Å²) >= 11 is 0. The minimum absolute atomic E-state index is 0.769. The lowest BCUT2D eigenvalue weighted by molar-refractivity contribution is 0.278. The molecule has 0 heterocycles. The first-order valence-corrected chi connectivity index (χ1v) is 3.83. The molecule has 1 aromatic carbocycles. The number of hydrogen-bond acceptors (Lipinski definition) is 5. The van der Waals surface area contributed by atoms with Crippen LogP contribution < -0.4 is 9.47 Å². The second-order valence-electron chi connectivity index (χ2n) is 2.20. The number of para-hydroxylation sites is 2. The summed E-state index contributed by atoms with van der Waals surface area (Å²) in [6, 6.07) is 7.53. The van der Waals surface area contributed by atoms with Crippen LogP contribution in [0.4, 0.5) is 0 Å². The van der Waals surface area contributed by atoms with E-state index in [2.05, 4.69) is 0 Å². The normalized spacial score (nSPS) is 8.36. The van der Waals surface area contributed by atoms with Gasteiger partial charge in [-0.05, 0) is 12.1 Å². The van der Waals surface area contributed by atoms with Gasteiger partial charge in [-0.1, -0.05) is 12.1 Å². The molecule has 1 rings (SSSR count). The number of methoxy groups -OCH3 is 2. The van der Waals surface area contributed by atoms with E-state index in [-0.39, 0.29) is 0 Å². The van der Waals surface area contributed by atoms with E-state index in [0.29, 0.717) is 0 Å². The van der Waals surface area contributed by atoms with Crippen molar-refractivity contribution in [3.05, 3.63) is 24.3 Å². The Morgan fingerprint density at radius 3 is 1.43 bits per heavy atom. The average Bonchev–Trinajstić information content (AvgIpc) is 2.17. The highest BCUT2D eigenvalue weighted by Gasteiger charge is 1.97. The van der Waals surface area contributed by atoms with Crippen molar-refractivity contribution in [1.82, 2.24) is 0 Å². The Morgan fingerprint density at radius 1 is 0.929 bits per heavy atom. The van der Waals surface area contributed by atoms with Gasteiger partial charge in [0, 0.05) is 0 Å². The Hall–Kier alpha value is -1.24. The summed E-state index contributed by atoms with van der Waals surface area (Å²) in [5, 5.41) is 21.5. The molecule has 0 radical (unpaired) electrons. The molecule has 0 saturated carbocycles. The second kappa shape index (κ2) is 7.20. The minimum atomic E-state index is -2.17. The molecule has 0 aliphatic carbocycles. The van der Waals surface area contributed by atoms with Gasteiger partial charge in [0.2, 0.25) is 0 Å². The van der Waals surface area contributed by atoms with Crippen LogP contribution in [0.3, 0.4) is 0 Å². The van der Waals surface area contributed by atoms with Crippen LogP contribution in [-0.2, 0) is 0 Å². The third kappa shape index (κ3) is 5.42. The van der Waals surface area contributed by atoms with Crippen LogP contribution >= 0.6 is 0 Å². The second-order valence-corrected chi connectivity index (χ2v) is 2.20. The van der Waals surface area contributed by atoms with Crippen LogP contribution in [0, 0.1) is 0 Å². The molecule has 0 aliphatic rings. The summed E-state index contributed by atoms with van der Waals surface area (Å²) in [5.74, 6) is 1.54. The number of ether oxygens (including phenoxy) is 2. The Kier molecular flexibility index (Phi) is 6.56. The van der Waals surface area contributed by atoms with Crippen molar-refractivity contribution in [1.29, 1.82) is 0 Å². The number of rotatable bonds is 2. The zero-order chi connectivity index (χ0) is 11.0. The standard InChI is InChI=1S/C8H10O2.BH3O3/c1-9-7-5-3-4-6-8(7)10-2;2-1(3)4/h3-6H,1-2H3;2-4H. The molecule has 0 bridgehead atoms. The van der Waals surface area contributed by atoms with E-state index in [1.54, 1.807) is 14.2 Å². The largest absolute Gasteiger partial charge is 0.631 e. The van der Waals surface area contributed by atoms with E-state index < -0.39 is 7.32 Å². The van der Waals surface area contributed by atoms with Crippen molar-refractivity contribution >= 4 is 7.32 Å². The SMILES string of the molecule is COc1ccccc1OC.OB(O)O. The maximum Gasteiger partial charge on any atom is 0.631 e. The van der Waals surface area contributed by atoms with E-state index in [9.17, 15) is 0 Å². The molecule has 78 valence electrons. The smallest absolute Gasteiger partial charge is 0.493 e. The summed E-state index contributed by atoms with van der Waals surface area (Å²) in [5.41, 5.74) is 0. The average molecular weight is 200 g/mol. The molecule has 0 fully saturated rings. The zero-order valence-corrected chi connectivity index (χ0v) is 8.04. The van der Waals surface area contributed by atoms with Gasteiger partial charge in [-0.15, -0.1) is 0 Å². The van der Waals surface area contributed by atoms with Crippen molar-refractivity contribution in [2.24, 2.45) is 0 Å². The molecule has 0 amide bonds. The molecule has 14 heavy (non-hydrogen) atoms. The van der Waals surface area contributed by atoms with E-state index in [0.717, 1.165) is 11.5 Å². The van der Waals surface area contributed by atoms with Gasteiger partial charge in [-0.25, -0.2) is 0 Å². The van der Waals surface area contributed by atoms with E-state index in [1.807, 2.05) is 24.3 Å². The monoisotopic (exact) mass is 200 g/mol. The first-order valence-electron chi connectivity index (χ1n) is 3.83. The van der Waals surface area contributed by atoms with Gasteiger partial charge >= 0.3 is 7.32 Å². The van der Waals surface area contributed by atoms with Crippen LogP contribution in [0.25, 0.3) is 0 Å². The molecular formula is C8H13BO5. The lowest BCUT2D eigenvalue weighted by Crippen LogP contribution is -2.07. The van der Waals surface area contributed by atoms with Gasteiger partial charge in [0.05, 0.1) is 14.2 Å². The van der Waals surface area contributed by atoms with Gasteiger partial charge in [0.1, 0.15) is 0 Å². The molecule has 0 saturated heterocycles. The molecule has 0 atom stereocenters. The van der Waals surface area contributed by atoms with E-state index in [4.69, 9.17) is 24.5 Å². The maximum absolute atomic E-state index is 7.17. The summed E-state index contributed by atoms with van der Waals surface area (Å²) in [7, 11) is 1.08. The minimum Gasteiger partial charge on any atom is -0.493 e. The third-order valence-corrected chi connectivity index (χ3v) is 1.29. The van der Waals surface area contributed by atoms with Crippen LogP contribution in [0.1, 0.15) is 0 Å². The lowest BCUT2D eigenvalue weighted by Gasteiger charge is -2.04. The number of benzene rings is 1. The van der Waals surface area contributed by atoms with Crippen LogP contribution in [0.5, 0.6) is 11.5 Å². The predicted molar refractivity (Wildman–Crippen MR) is 52.0 cm³/mol. The molecule has 0 spiro atoms. The van der Waals surface area contributed by atoms with Crippen molar-refractivity contribution in [2.75, 3.05) is 14.2 Å². The van der Waals surface area contributed by atoms with Gasteiger partial charge in [0.25, 0.3) is 0 Å². The highest BCUT2D eigenvalue weighted by atomic mass is 16.5. The molecule has 0 aliphatic heterocycles. The summed E-state index contributed by atoms with van der Waals surface area (Å²) in [4.78, 5) is 0. The Labute approximate surface area is 82.7 Å². The molecule has 1 aromatic rings. The van der Waals surface area contributed by atoms with Crippen molar-refractivity contribution in [3.63, 3.8) is 0 Å². The fourth-order valence-corrected chi connectivity index (χ4v) is 0.787. The molecule has 0 unspecified atom stereocenters. The Morgan fingerprint density at radius 2 is 1.21 bits per heavy atom. The van der Waals surface area contributed by atoms with E-state index >= 15 is 0 Å². The molecule has 0 aromatic heterocycles. The van der Waals surface area contributed by atoms with Crippen molar-refractivity contribution in [2.45, 2.75) is 0 Å². The molecule has 3 N–H and O–H groups in total. The maximum atomic E-state index is 7.17. The van der Waals surface area contributed by atoms with Crippen LogP contribution in [-0.4, -0.2) is 36.6 Å². The van der Waals surface area contributed by atoms with Crippen LogP contribution in [0.2, 0.25) is 0 Å². The fraction of sp³-hybridized carbons (Fsp3) is 0.250. The first-order chi connectivity index (χ1) is 6.61. The fourth-order valence-electron chi connectivity index (χ4n) is 0.787. The summed E-state index contributed by atoms with van der Waals surface area (Å²) < 4.78 is 10.0. The quantitative estimate of drug-likeness (QED) is 0.568. The van der Waals surface area contributed by atoms with Gasteiger partial charge in [0.15, 0.2) is 11.5 Å². The van der Waals surface area contributed by atoms with Gasteiger partial charge in [-0.3, -0.25) is 0 Å². The molecular weight excluding hydrogens is 187 g/mol. The summed E-state index contributed by atoms with van der Waals surface area (Å²) in [6.45, 7) is 0. The predicted octanol–water partition coefficient (Wildman–Crippen LogP) is -0.348. The van der Waals surface area contributed by atoms with Gasteiger partial charge in [-0.2, -0.15) is 0 Å². The Bertz CT molecular complexity index is 227. The molecule has 5 nitrogen and oxygen atoms in total. The van der Waals surface area contributed by atoms with E-state index in [1.165, 1.54) is 0 Å². The lowest BCUT2D eigenvalue weighted by atomic mass is 10.3. The summed E-state index contributed by atoms with van der Waals surface area (Å²) in [6.07, 6.45) is 0. The third-order valence-electron chi connectivity index (χ3n) is 1.29. The van der Waals surface area contributed by atoms with Gasteiger partial charge < -0.3 is 24.5 Å².